The third-order valence-electron chi connectivity index (χ3n) is 4.24. The molecular formula is C13H15Cl2N3O2. The summed E-state index contributed by atoms with van der Waals surface area (Å²) in [4.78, 5) is 12.6. The highest BCUT2D eigenvalue weighted by atomic mass is 35.5. The highest BCUT2D eigenvalue weighted by molar-refractivity contribution is 6.39. The summed E-state index contributed by atoms with van der Waals surface area (Å²) in [5.41, 5.74) is 6.70. The van der Waals surface area contributed by atoms with Crippen molar-refractivity contribution in [1.82, 2.24) is 0 Å². The van der Waals surface area contributed by atoms with E-state index in [4.69, 9.17) is 28.9 Å². The number of halogens is 2. The predicted molar refractivity (Wildman–Crippen MR) is 79.6 cm³/mol. The first-order valence-corrected chi connectivity index (χ1v) is 7.40. The number of nitrogens with two attached hydrogens (primary N) is 1. The van der Waals surface area contributed by atoms with Gasteiger partial charge in [-0.2, -0.15) is 0 Å². The van der Waals surface area contributed by atoms with Gasteiger partial charge in [-0.1, -0.05) is 23.2 Å². The topological polar surface area (TPSA) is 72.4 Å². The summed E-state index contributed by atoms with van der Waals surface area (Å²) in [6, 6.07) is 3.63. The van der Waals surface area contributed by atoms with Crippen LogP contribution in [-0.4, -0.2) is 23.0 Å². The van der Waals surface area contributed by atoms with E-state index in [0.717, 1.165) is 31.4 Å². The van der Waals surface area contributed by atoms with Crippen LogP contribution in [-0.2, 0) is 0 Å². The van der Waals surface area contributed by atoms with Gasteiger partial charge in [-0.25, -0.2) is 0 Å². The molecule has 0 amide bonds. The van der Waals surface area contributed by atoms with E-state index in [1.54, 1.807) is 0 Å². The molecule has 1 aromatic carbocycles. The van der Waals surface area contributed by atoms with E-state index in [9.17, 15) is 10.1 Å². The average Bonchev–Trinajstić information content (AvgIpc) is 2.62. The van der Waals surface area contributed by atoms with Crippen LogP contribution in [0, 0.1) is 10.1 Å². The lowest BCUT2D eigenvalue weighted by molar-refractivity contribution is -0.384. The summed E-state index contributed by atoms with van der Waals surface area (Å²) in [6.45, 7) is 0. The zero-order chi connectivity index (χ0) is 14.4. The van der Waals surface area contributed by atoms with Gasteiger partial charge in [0.25, 0.3) is 5.69 Å². The minimum atomic E-state index is -0.484. The molecule has 2 bridgehead atoms. The molecule has 2 aliphatic heterocycles. The molecule has 2 atom stereocenters. The molecule has 0 aromatic heterocycles. The number of rotatable bonds is 2. The van der Waals surface area contributed by atoms with Gasteiger partial charge in [0.1, 0.15) is 0 Å². The zero-order valence-electron chi connectivity index (χ0n) is 10.8. The largest absolute Gasteiger partial charge is 0.363 e. The highest BCUT2D eigenvalue weighted by Crippen LogP contribution is 2.46. The molecule has 2 N–H and O–H groups in total. The molecule has 2 fully saturated rings. The SMILES string of the molecule is NC1CC2CCC(C1)N2c1c(Cl)cc([N+](=O)[O-])cc1Cl. The molecule has 0 saturated carbocycles. The Hall–Kier alpha value is -1.04. The molecule has 20 heavy (non-hydrogen) atoms. The van der Waals surface area contributed by atoms with Gasteiger partial charge in [0.05, 0.1) is 20.7 Å². The molecule has 2 unspecified atom stereocenters. The van der Waals surface area contributed by atoms with E-state index in [0.29, 0.717) is 22.1 Å². The highest BCUT2D eigenvalue weighted by Gasteiger charge is 2.41. The summed E-state index contributed by atoms with van der Waals surface area (Å²) in [6.07, 6.45) is 3.98. The Morgan fingerprint density at radius 2 is 1.70 bits per heavy atom. The van der Waals surface area contributed by atoms with E-state index in [2.05, 4.69) is 4.90 Å². The number of piperidine rings is 1. The van der Waals surface area contributed by atoms with Gasteiger partial charge in [0, 0.05) is 30.3 Å². The number of fused-ring (bicyclic) bond motifs is 2. The lowest BCUT2D eigenvalue weighted by Crippen LogP contribution is -2.47. The molecule has 2 heterocycles. The summed E-state index contributed by atoms with van der Waals surface area (Å²) in [5, 5.41) is 11.5. The molecule has 0 spiro atoms. The second-order valence-electron chi connectivity index (χ2n) is 5.54. The number of non-ortho nitro benzene ring substituents is 1. The lowest BCUT2D eigenvalue weighted by Gasteiger charge is -2.40. The summed E-state index contributed by atoms with van der Waals surface area (Å²) >= 11 is 12.5. The standard InChI is InChI=1S/C13H15Cl2N3O2/c14-11-5-10(18(19)20)6-12(15)13(11)17-8-1-2-9(17)4-7(16)3-8/h5-9H,1-4,16H2. The molecule has 7 heteroatoms. The summed E-state index contributed by atoms with van der Waals surface area (Å²) in [5.74, 6) is 0. The van der Waals surface area contributed by atoms with Gasteiger partial charge in [-0.15, -0.1) is 0 Å². The van der Waals surface area contributed by atoms with Crippen molar-refractivity contribution < 1.29 is 4.92 Å². The molecule has 0 aliphatic carbocycles. The monoisotopic (exact) mass is 315 g/mol. The Labute approximate surface area is 126 Å². The number of hydrogen-bond donors (Lipinski definition) is 1. The minimum absolute atomic E-state index is 0.0789. The van der Waals surface area contributed by atoms with Crippen molar-refractivity contribution in [2.45, 2.75) is 43.8 Å². The smallest absolute Gasteiger partial charge is 0.272 e. The number of hydrogen-bond acceptors (Lipinski definition) is 4. The predicted octanol–water partition coefficient (Wildman–Crippen LogP) is 3.36. The normalized spacial score (nSPS) is 28.8. The fraction of sp³-hybridized carbons (Fsp3) is 0.538. The first-order chi connectivity index (χ1) is 9.47. The molecule has 108 valence electrons. The van der Waals surface area contributed by atoms with Gasteiger partial charge in [-0.3, -0.25) is 10.1 Å². The Morgan fingerprint density at radius 3 is 2.15 bits per heavy atom. The van der Waals surface area contributed by atoms with Gasteiger partial charge in [-0.05, 0) is 25.7 Å². The summed E-state index contributed by atoms with van der Waals surface area (Å²) < 4.78 is 0. The fourth-order valence-corrected chi connectivity index (χ4v) is 4.16. The van der Waals surface area contributed by atoms with Crippen LogP contribution in [0.5, 0.6) is 0 Å². The summed E-state index contributed by atoms with van der Waals surface area (Å²) in [7, 11) is 0. The quantitative estimate of drug-likeness (QED) is 0.671. The Morgan fingerprint density at radius 1 is 1.20 bits per heavy atom. The maximum atomic E-state index is 10.8. The van der Waals surface area contributed by atoms with E-state index < -0.39 is 4.92 Å². The molecule has 2 aliphatic rings. The number of nitro groups is 1. The van der Waals surface area contributed by atoms with Gasteiger partial charge >= 0.3 is 0 Å². The zero-order valence-corrected chi connectivity index (χ0v) is 12.3. The van der Waals surface area contributed by atoms with Crippen molar-refractivity contribution >= 4 is 34.6 Å². The van der Waals surface area contributed by atoms with Crippen molar-refractivity contribution in [2.24, 2.45) is 5.73 Å². The minimum Gasteiger partial charge on any atom is -0.363 e. The third kappa shape index (κ3) is 2.24. The van der Waals surface area contributed by atoms with Crippen molar-refractivity contribution in [3.63, 3.8) is 0 Å². The average molecular weight is 316 g/mol. The molecule has 3 rings (SSSR count). The van der Waals surface area contributed by atoms with Crippen LogP contribution >= 0.6 is 23.2 Å². The van der Waals surface area contributed by atoms with E-state index in [1.165, 1.54) is 12.1 Å². The van der Waals surface area contributed by atoms with Gasteiger partial charge in [0.2, 0.25) is 0 Å². The van der Waals surface area contributed by atoms with Crippen LogP contribution in [0.3, 0.4) is 0 Å². The third-order valence-corrected chi connectivity index (χ3v) is 4.82. The van der Waals surface area contributed by atoms with Crippen LogP contribution in [0.1, 0.15) is 25.7 Å². The first-order valence-electron chi connectivity index (χ1n) is 6.64. The van der Waals surface area contributed by atoms with Crippen LogP contribution in [0.2, 0.25) is 10.0 Å². The first kappa shape index (κ1) is 13.9. The number of benzene rings is 1. The maximum absolute atomic E-state index is 10.8. The molecule has 5 nitrogen and oxygen atoms in total. The van der Waals surface area contributed by atoms with Crippen molar-refractivity contribution in [3.05, 3.63) is 32.3 Å². The Balaban J connectivity index is 2.01. The molecular weight excluding hydrogens is 301 g/mol. The van der Waals surface area contributed by atoms with Gasteiger partial charge < -0.3 is 10.6 Å². The van der Waals surface area contributed by atoms with E-state index in [-0.39, 0.29) is 11.7 Å². The van der Waals surface area contributed by atoms with E-state index >= 15 is 0 Å². The molecule has 2 saturated heterocycles. The number of nitro benzene ring substituents is 1. The van der Waals surface area contributed by atoms with Gasteiger partial charge in [0.15, 0.2) is 0 Å². The number of nitrogens with zero attached hydrogens (tertiary/aromatic N) is 2. The van der Waals surface area contributed by atoms with Crippen LogP contribution in [0.25, 0.3) is 0 Å². The molecule has 0 radical (unpaired) electrons. The van der Waals surface area contributed by atoms with Crippen molar-refractivity contribution in [1.29, 1.82) is 0 Å². The van der Waals surface area contributed by atoms with Crippen molar-refractivity contribution in [3.8, 4) is 0 Å². The lowest BCUT2D eigenvalue weighted by atomic mass is 9.97. The van der Waals surface area contributed by atoms with Crippen LogP contribution < -0.4 is 10.6 Å². The van der Waals surface area contributed by atoms with Crippen molar-refractivity contribution in [2.75, 3.05) is 4.90 Å². The van der Waals surface area contributed by atoms with E-state index in [1.807, 2.05) is 0 Å². The molecule has 1 aromatic rings. The Bertz CT molecular complexity index is 530. The Kier molecular flexibility index (Phi) is 3.52. The second-order valence-corrected chi connectivity index (χ2v) is 6.35. The van der Waals surface area contributed by atoms with Crippen LogP contribution in [0.4, 0.5) is 11.4 Å². The van der Waals surface area contributed by atoms with Crippen LogP contribution in [0.15, 0.2) is 12.1 Å². The second kappa shape index (κ2) is 5.06. The fourth-order valence-electron chi connectivity index (χ4n) is 3.49. The number of anilines is 1. The maximum Gasteiger partial charge on any atom is 0.272 e.